The SMILES string of the molecule is Cc1nsc(NC(C)CN(C)C)n1. The predicted octanol–water partition coefficient (Wildman–Crippen LogP) is 1.21. The van der Waals surface area contributed by atoms with Gasteiger partial charge < -0.3 is 10.2 Å². The quantitative estimate of drug-likeness (QED) is 0.793. The van der Waals surface area contributed by atoms with Crippen LogP contribution in [0.5, 0.6) is 0 Å². The van der Waals surface area contributed by atoms with Crippen molar-refractivity contribution in [2.24, 2.45) is 0 Å². The summed E-state index contributed by atoms with van der Waals surface area (Å²) in [6.45, 7) is 5.04. The second kappa shape index (κ2) is 4.53. The molecule has 1 aromatic rings. The minimum atomic E-state index is 0.405. The molecule has 0 aliphatic rings. The van der Waals surface area contributed by atoms with Crippen molar-refractivity contribution in [2.75, 3.05) is 26.0 Å². The maximum Gasteiger partial charge on any atom is 0.202 e. The number of nitrogens with zero attached hydrogens (tertiary/aromatic N) is 3. The molecular formula is C8H16N4S. The third kappa shape index (κ3) is 3.69. The highest BCUT2D eigenvalue weighted by Gasteiger charge is 2.05. The van der Waals surface area contributed by atoms with E-state index in [0.717, 1.165) is 17.5 Å². The lowest BCUT2D eigenvalue weighted by molar-refractivity contribution is 0.392. The third-order valence-corrected chi connectivity index (χ3v) is 2.27. The highest BCUT2D eigenvalue weighted by atomic mass is 32.1. The first-order chi connectivity index (χ1) is 6.08. The van der Waals surface area contributed by atoms with E-state index < -0.39 is 0 Å². The van der Waals surface area contributed by atoms with Gasteiger partial charge in [0.15, 0.2) is 0 Å². The van der Waals surface area contributed by atoms with Crippen molar-refractivity contribution >= 4 is 16.7 Å². The average molecular weight is 200 g/mol. The Labute approximate surface area is 83.2 Å². The van der Waals surface area contributed by atoms with E-state index in [9.17, 15) is 0 Å². The van der Waals surface area contributed by atoms with Gasteiger partial charge in [0.05, 0.1) is 0 Å². The number of aryl methyl sites for hydroxylation is 1. The van der Waals surface area contributed by atoms with Crippen LogP contribution in [0.15, 0.2) is 0 Å². The van der Waals surface area contributed by atoms with E-state index in [2.05, 4.69) is 40.6 Å². The van der Waals surface area contributed by atoms with Gasteiger partial charge >= 0.3 is 0 Å². The van der Waals surface area contributed by atoms with Crippen molar-refractivity contribution in [3.63, 3.8) is 0 Å². The molecule has 1 heterocycles. The lowest BCUT2D eigenvalue weighted by Gasteiger charge is -2.17. The Balaban J connectivity index is 2.40. The number of likely N-dealkylation sites (N-methyl/N-ethyl adjacent to an activating group) is 1. The second-order valence-corrected chi connectivity index (χ2v) is 4.21. The molecule has 0 spiro atoms. The fourth-order valence-corrected chi connectivity index (χ4v) is 1.85. The maximum absolute atomic E-state index is 4.24. The number of hydrogen-bond donors (Lipinski definition) is 1. The molecule has 4 nitrogen and oxygen atoms in total. The molecular weight excluding hydrogens is 184 g/mol. The van der Waals surface area contributed by atoms with Crippen molar-refractivity contribution in [1.82, 2.24) is 14.3 Å². The summed E-state index contributed by atoms with van der Waals surface area (Å²) in [7, 11) is 4.12. The van der Waals surface area contributed by atoms with Crippen molar-refractivity contribution in [3.8, 4) is 0 Å². The highest BCUT2D eigenvalue weighted by Crippen LogP contribution is 2.11. The van der Waals surface area contributed by atoms with Crippen molar-refractivity contribution in [3.05, 3.63) is 5.82 Å². The van der Waals surface area contributed by atoms with Gasteiger partial charge in [-0.3, -0.25) is 0 Å². The van der Waals surface area contributed by atoms with Crippen LogP contribution in [0.25, 0.3) is 0 Å². The lowest BCUT2D eigenvalue weighted by Crippen LogP contribution is -2.29. The van der Waals surface area contributed by atoms with Gasteiger partial charge in [-0.1, -0.05) is 0 Å². The van der Waals surface area contributed by atoms with E-state index in [4.69, 9.17) is 0 Å². The molecule has 5 heteroatoms. The summed E-state index contributed by atoms with van der Waals surface area (Å²) in [5.41, 5.74) is 0. The lowest BCUT2D eigenvalue weighted by atomic mass is 10.3. The summed E-state index contributed by atoms with van der Waals surface area (Å²) in [6.07, 6.45) is 0. The van der Waals surface area contributed by atoms with Crippen molar-refractivity contribution < 1.29 is 0 Å². The van der Waals surface area contributed by atoms with Crippen LogP contribution in [0.1, 0.15) is 12.7 Å². The highest BCUT2D eigenvalue weighted by molar-refractivity contribution is 7.09. The zero-order valence-corrected chi connectivity index (χ0v) is 9.35. The summed E-state index contributed by atoms with van der Waals surface area (Å²) >= 11 is 1.41. The summed E-state index contributed by atoms with van der Waals surface area (Å²) in [5.74, 6) is 0.838. The van der Waals surface area contributed by atoms with Crippen LogP contribution in [0, 0.1) is 6.92 Å². The van der Waals surface area contributed by atoms with Crippen LogP contribution in [-0.2, 0) is 0 Å². The van der Waals surface area contributed by atoms with E-state index in [-0.39, 0.29) is 0 Å². The predicted molar refractivity (Wildman–Crippen MR) is 56.3 cm³/mol. The summed E-state index contributed by atoms with van der Waals surface area (Å²) in [6, 6.07) is 0.405. The van der Waals surface area contributed by atoms with Gasteiger partial charge in [-0.2, -0.15) is 4.37 Å². The van der Waals surface area contributed by atoms with Crippen LogP contribution < -0.4 is 5.32 Å². The van der Waals surface area contributed by atoms with Crippen molar-refractivity contribution in [1.29, 1.82) is 0 Å². The van der Waals surface area contributed by atoms with Crippen LogP contribution in [0.2, 0.25) is 0 Å². The van der Waals surface area contributed by atoms with E-state index in [1.165, 1.54) is 11.5 Å². The summed E-state index contributed by atoms with van der Waals surface area (Å²) < 4.78 is 4.10. The van der Waals surface area contributed by atoms with Crippen molar-refractivity contribution in [2.45, 2.75) is 19.9 Å². The molecule has 1 N–H and O–H groups in total. The van der Waals surface area contributed by atoms with Gasteiger partial charge in [0.25, 0.3) is 0 Å². The Morgan fingerprint density at radius 1 is 1.54 bits per heavy atom. The normalized spacial score (nSPS) is 13.3. The molecule has 0 aliphatic carbocycles. The molecule has 1 atom stereocenters. The molecule has 0 aromatic carbocycles. The fraction of sp³-hybridized carbons (Fsp3) is 0.750. The first-order valence-electron chi connectivity index (χ1n) is 4.29. The first kappa shape index (κ1) is 10.4. The Hall–Kier alpha value is -0.680. The summed E-state index contributed by atoms with van der Waals surface area (Å²) in [5, 5.41) is 4.21. The molecule has 0 saturated heterocycles. The molecule has 0 saturated carbocycles. The van der Waals surface area contributed by atoms with Crippen LogP contribution in [-0.4, -0.2) is 40.9 Å². The largest absolute Gasteiger partial charge is 0.357 e. The standard InChI is InChI=1S/C8H16N4S/c1-6(5-12(3)4)9-8-10-7(2)11-13-8/h6H,5H2,1-4H3,(H,9,10,11). The van der Waals surface area contributed by atoms with Gasteiger partial charge in [-0.15, -0.1) is 0 Å². The first-order valence-corrected chi connectivity index (χ1v) is 5.07. The Morgan fingerprint density at radius 2 is 2.23 bits per heavy atom. The molecule has 1 aromatic heterocycles. The van der Waals surface area contributed by atoms with Gasteiger partial charge in [-0.25, -0.2) is 4.98 Å². The molecule has 0 radical (unpaired) electrons. The molecule has 1 unspecified atom stereocenters. The van der Waals surface area contributed by atoms with Gasteiger partial charge in [0.1, 0.15) is 5.82 Å². The number of nitrogens with one attached hydrogen (secondary N) is 1. The minimum absolute atomic E-state index is 0.405. The smallest absolute Gasteiger partial charge is 0.202 e. The Morgan fingerprint density at radius 3 is 2.69 bits per heavy atom. The monoisotopic (exact) mass is 200 g/mol. The maximum atomic E-state index is 4.24. The molecule has 0 fully saturated rings. The third-order valence-electron chi connectivity index (χ3n) is 1.54. The molecule has 13 heavy (non-hydrogen) atoms. The molecule has 74 valence electrons. The van der Waals surface area contributed by atoms with Crippen LogP contribution >= 0.6 is 11.5 Å². The number of aromatic nitrogens is 2. The molecule has 0 amide bonds. The van der Waals surface area contributed by atoms with Crippen LogP contribution in [0.3, 0.4) is 0 Å². The summed E-state index contributed by atoms with van der Waals surface area (Å²) in [4.78, 5) is 6.38. The Bertz CT molecular complexity index is 258. The van der Waals surface area contributed by atoms with Crippen LogP contribution in [0.4, 0.5) is 5.13 Å². The van der Waals surface area contributed by atoms with E-state index in [0.29, 0.717) is 6.04 Å². The van der Waals surface area contributed by atoms with E-state index >= 15 is 0 Å². The number of anilines is 1. The average Bonchev–Trinajstić information content (AvgIpc) is 2.33. The number of hydrogen-bond acceptors (Lipinski definition) is 5. The van der Waals surface area contributed by atoms with Gasteiger partial charge in [-0.05, 0) is 27.9 Å². The topological polar surface area (TPSA) is 41.1 Å². The molecule has 0 bridgehead atoms. The number of rotatable bonds is 4. The van der Waals surface area contributed by atoms with Gasteiger partial charge in [0.2, 0.25) is 5.13 Å². The van der Waals surface area contributed by atoms with E-state index in [1.54, 1.807) is 0 Å². The second-order valence-electron chi connectivity index (χ2n) is 3.45. The molecule has 0 aliphatic heterocycles. The minimum Gasteiger partial charge on any atom is -0.357 e. The zero-order valence-electron chi connectivity index (χ0n) is 8.53. The fourth-order valence-electron chi connectivity index (χ4n) is 1.16. The van der Waals surface area contributed by atoms with E-state index in [1.807, 2.05) is 6.92 Å². The zero-order chi connectivity index (χ0) is 9.84. The Kier molecular flexibility index (Phi) is 3.62. The van der Waals surface area contributed by atoms with Gasteiger partial charge in [0, 0.05) is 24.1 Å². The molecule has 1 rings (SSSR count).